The molecule has 1 amide bonds. The first-order chi connectivity index (χ1) is 10.2. The zero-order valence-electron chi connectivity index (χ0n) is 11.8. The zero-order chi connectivity index (χ0) is 14.8. The molecular weight excluding hydrogens is 266 g/mol. The Morgan fingerprint density at radius 3 is 2.81 bits per heavy atom. The van der Waals surface area contributed by atoms with Crippen LogP contribution < -0.4 is 10.1 Å². The second-order valence-corrected chi connectivity index (χ2v) is 4.65. The van der Waals surface area contributed by atoms with Crippen LogP contribution in [0.2, 0.25) is 0 Å². The van der Waals surface area contributed by atoms with Crippen LogP contribution in [0, 0.1) is 0 Å². The van der Waals surface area contributed by atoms with E-state index < -0.39 is 0 Å². The van der Waals surface area contributed by atoms with E-state index in [0.29, 0.717) is 11.5 Å². The first kappa shape index (κ1) is 13.2. The Kier molecular flexibility index (Phi) is 3.31. The summed E-state index contributed by atoms with van der Waals surface area (Å²) in [4.78, 5) is 16.5. The minimum Gasteiger partial charge on any atom is -0.496 e. The third-order valence-corrected chi connectivity index (χ3v) is 3.41. The molecule has 0 spiro atoms. The standard InChI is InChI=1S/C16H15N3O2/c1-19-12-6-5-7-14(21-2)11(12)10-13(19)16(20)18-15-8-3-4-9-17-15/h3-10H,1-2H3,(H,17,18,20). The van der Waals surface area contributed by atoms with Gasteiger partial charge in [0.1, 0.15) is 17.3 Å². The molecule has 106 valence electrons. The molecule has 0 fully saturated rings. The highest BCUT2D eigenvalue weighted by Gasteiger charge is 2.15. The Balaban J connectivity index is 2.01. The van der Waals surface area contributed by atoms with Crippen molar-refractivity contribution in [2.45, 2.75) is 0 Å². The van der Waals surface area contributed by atoms with Gasteiger partial charge in [0.2, 0.25) is 0 Å². The summed E-state index contributed by atoms with van der Waals surface area (Å²) in [5.74, 6) is 1.08. The van der Waals surface area contributed by atoms with Crippen LogP contribution in [0.5, 0.6) is 5.75 Å². The number of fused-ring (bicyclic) bond motifs is 1. The van der Waals surface area contributed by atoms with Gasteiger partial charge in [-0.15, -0.1) is 0 Å². The van der Waals surface area contributed by atoms with Crippen LogP contribution in [0.15, 0.2) is 48.7 Å². The molecule has 3 aromatic rings. The fourth-order valence-electron chi connectivity index (χ4n) is 2.35. The molecule has 1 aromatic carbocycles. The fourth-order valence-corrected chi connectivity index (χ4v) is 2.35. The molecule has 0 bridgehead atoms. The Morgan fingerprint density at radius 2 is 2.10 bits per heavy atom. The number of ether oxygens (including phenoxy) is 1. The monoisotopic (exact) mass is 281 g/mol. The van der Waals surface area contributed by atoms with Gasteiger partial charge in [0.05, 0.1) is 12.6 Å². The second-order valence-electron chi connectivity index (χ2n) is 4.65. The quantitative estimate of drug-likeness (QED) is 0.803. The van der Waals surface area contributed by atoms with E-state index in [0.717, 1.165) is 16.7 Å². The summed E-state index contributed by atoms with van der Waals surface area (Å²) in [6.45, 7) is 0. The lowest BCUT2D eigenvalue weighted by molar-refractivity contribution is 0.101. The number of anilines is 1. The topological polar surface area (TPSA) is 56.1 Å². The maximum atomic E-state index is 12.4. The van der Waals surface area contributed by atoms with Crippen molar-refractivity contribution in [2.24, 2.45) is 7.05 Å². The lowest BCUT2D eigenvalue weighted by Crippen LogP contribution is -2.16. The van der Waals surface area contributed by atoms with Gasteiger partial charge in [-0.05, 0) is 30.3 Å². The summed E-state index contributed by atoms with van der Waals surface area (Å²) >= 11 is 0. The molecule has 0 aliphatic heterocycles. The van der Waals surface area contributed by atoms with Gasteiger partial charge in [-0.3, -0.25) is 4.79 Å². The van der Waals surface area contributed by atoms with Crippen LogP contribution in [-0.2, 0) is 7.05 Å². The fraction of sp³-hybridized carbons (Fsp3) is 0.125. The van der Waals surface area contributed by atoms with E-state index >= 15 is 0 Å². The molecule has 0 aliphatic rings. The van der Waals surface area contributed by atoms with E-state index in [1.807, 2.05) is 41.9 Å². The molecule has 0 saturated carbocycles. The van der Waals surface area contributed by atoms with Crippen LogP contribution in [0.3, 0.4) is 0 Å². The van der Waals surface area contributed by atoms with E-state index in [9.17, 15) is 4.79 Å². The predicted molar refractivity (Wildman–Crippen MR) is 81.7 cm³/mol. The summed E-state index contributed by atoms with van der Waals surface area (Å²) in [5.41, 5.74) is 1.50. The van der Waals surface area contributed by atoms with Gasteiger partial charge in [0.25, 0.3) is 5.91 Å². The lowest BCUT2D eigenvalue weighted by Gasteiger charge is -2.05. The van der Waals surface area contributed by atoms with Crippen molar-refractivity contribution in [2.75, 3.05) is 12.4 Å². The molecule has 0 radical (unpaired) electrons. The Bertz CT molecular complexity index is 794. The molecule has 5 nitrogen and oxygen atoms in total. The van der Waals surface area contributed by atoms with Crippen molar-refractivity contribution >= 4 is 22.6 Å². The molecule has 0 atom stereocenters. The Labute approximate surface area is 122 Å². The van der Waals surface area contributed by atoms with Gasteiger partial charge >= 0.3 is 0 Å². The highest BCUT2D eigenvalue weighted by atomic mass is 16.5. The number of pyridine rings is 1. The number of nitrogens with zero attached hydrogens (tertiary/aromatic N) is 2. The molecule has 21 heavy (non-hydrogen) atoms. The van der Waals surface area contributed by atoms with Crippen molar-refractivity contribution in [1.82, 2.24) is 9.55 Å². The van der Waals surface area contributed by atoms with Crippen LogP contribution in [0.1, 0.15) is 10.5 Å². The number of methoxy groups -OCH3 is 1. The number of benzene rings is 1. The molecule has 3 rings (SSSR count). The maximum Gasteiger partial charge on any atom is 0.273 e. The van der Waals surface area contributed by atoms with Gasteiger partial charge in [0.15, 0.2) is 0 Å². The van der Waals surface area contributed by atoms with E-state index in [1.54, 1.807) is 25.4 Å². The summed E-state index contributed by atoms with van der Waals surface area (Å²) in [7, 11) is 3.48. The third-order valence-electron chi connectivity index (χ3n) is 3.41. The number of nitrogens with one attached hydrogen (secondary N) is 1. The van der Waals surface area contributed by atoms with Crippen molar-refractivity contribution < 1.29 is 9.53 Å². The average molecular weight is 281 g/mol. The van der Waals surface area contributed by atoms with Gasteiger partial charge in [-0.25, -0.2) is 4.98 Å². The average Bonchev–Trinajstić information content (AvgIpc) is 2.86. The number of carbonyl (C=O) groups excluding carboxylic acids is 1. The largest absolute Gasteiger partial charge is 0.496 e. The number of carbonyl (C=O) groups is 1. The summed E-state index contributed by atoms with van der Waals surface area (Å²) in [6.07, 6.45) is 1.64. The van der Waals surface area contributed by atoms with Gasteiger partial charge in [0, 0.05) is 18.6 Å². The normalized spacial score (nSPS) is 10.6. The summed E-state index contributed by atoms with van der Waals surface area (Å²) < 4.78 is 7.18. The maximum absolute atomic E-state index is 12.4. The number of hydrogen-bond acceptors (Lipinski definition) is 3. The van der Waals surface area contributed by atoms with E-state index in [-0.39, 0.29) is 5.91 Å². The van der Waals surface area contributed by atoms with Gasteiger partial charge in [-0.2, -0.15) is 0 Å². The van der Waals surface area contributed by atoms with E-state index in [1.165, 1.54) is 0 Å². The van der Waals surface area contributed by atoms with Crippen molar-refractivity contribution in [3.63, 3.8) is 0 Å². The molecule has 5 heteroatoms. The SMILES string of the molecule is COc1cccc2c1cc(C(=O)Nc1ccccn1)n2C. The molecular formula is C16H15N3O2. The Morgan fingerprint density at radius 1 is 1.24 bits per heavy atom. The van der Waals surface area contributed by atoms with Crippen LogP contribution in [0.4, 0.5) is 5.82 Å². The van der Waals surface area contributed by atoms with Crippen molar-refractivity contribution in [1.29, 1.82) is 0 Å². The lowest BCUT2D eigenvalue weighted by atomic mass is 10.2. The van der Waals surface area contributed by atoms with E-state index in [2.05, 4.69) is 10.3 Å². The molecule has 0 saturated heterocycles. The molecule has 0 aliphatic carbocycles. The molecule has 2 heterocycles. The number of rotatable bonds is 3. The van der Waals surface area contributed by atoms with Crippen LogP contribution >= 0.6 is 0 Å². The predicted octanol–water partition coefficient (Wildman–Crippen LogP) is 2.83. The van der Waals surface area contributed by atoms with Crippen molar-refractivity contribution in [3.8, 4) is 5.75 Å². The number of amides is 1. The van der Waals surface area contributed by atoms with Crippen LogP contribution in [-0.4, -0.2) is 22.6 Å². The Hall–Kier alpha value is -2.82. The summed E-state index contributed by atoms with van der Waals surface area (Å²) in [5, 5.41) is 3.70. The number of aryl methyl sites for hydroxylation is 1. The zero-order valence-corrected chi connectivity index (χ0v) is 11.8. The minimum absolute atomic E-state index is 0.200. The first-order valence-corrected chi connectivity index (χ1v) is 6.55. The summed E-state index contributed by atoms with van der Waals surface area (Å²) in [6, 6.07) is 12.9. The number of hydrogen-bond donors (Lipinski definition) is 1. The molecule has 0 unspecified atom stereocenters. The molecule has 1 N–H and O–H groups in total. The molecule has 2 aromatic heterocycles. The van der Waals surface area contributed by atoms with Gasteiger partial charge < -0.3 is 14.6 Å². The first-order valence-electron chi connectivity index (χ1n) is 6.55. The second kappa shape index (κ2) is 5.28. The van der Waals surface area contributed by atoms with Crippen molar-refractivity contribution in [3.05, 3.63) is 54.4 Å². The third kappa shape index (κ3) is 2.33. The highest BCUT2D eigenvalue weighted by Crippen LogP contribution is 2.28. The minimum atomic E-state index is -0.200. The number of aromatic nitrogens is 2. The smallest absolute Gasteiger partial charge is 0.273 e. The van der Waals surface area contributed by atoms with Gasteiger partial charge in [-0.1, -0.05) is 12.1 Å². The van der Waals surface area contributed by atoms with E-state index in [4.69, 9.17) is 4.74 Å². The van der Waals surface area contributed by atoms with Crippen LogP contribution in [0.25, 0.3) is 10.9 Å². The highest BCUT2D eigenvalue weighted by molar-refractivity contribution is 6.06.